The number of rotatable bonds is 1. The summed E-state index contributed by atoms with van der Waals surface area (Å²) in [5.41, 5.74) is 10.4. The lowest BCUT2D eigenvalue weighted by Crippen LogP contribution is -2.15. The second-order valence-corrected chi connectivity index (χ2v) is 6.00. The van der Waals surface area contributed by atoms with Gasteiger partial charge in [0.1, 0.15) is 5.82 Å². The highest BCUT2D eigenvalue weighted by Gasteiger charge is 2.18. The molecule has 0 aliphatic heterocycles. The van der Waals surface area contributed by atoms with Gasteiger partial charge < -0.3 is 5.73 Å². The van der Waals surface area contributed by atoms with E-state index >= 15 is 0 Å². The third-order valence-electron chi connectivity index (χ3n) is 3.36. The number of anilines is 1. The molecule has 100 valence electrons. The molecule has 2 aromatic rings. The Balaban J connectivity index is 2.63. The highest BCUT2D eigenvalue weighted by Crippen LogP contribution is 2.27. The van der Waals surface area contributed by atoms with E-state index < -0.39 is 0 Å². The Hall–Kier alpha value is -1.90. The smallest absolute Gasteiger partial charge is 0.162 e. The molecule has 1 heterocycles. The summed E-state index contributed by atoms with van der Waals surface area (Å²) in [6.45, 7) is 10.6. The van der Waals surface area contributed by atoms with Gasteiger partial charge in [0.25, 0.3) is 0 Å². The van der Waals surface area contributed by atoms with E-state index in [2.05, 4.69) is 50.7 Å². The van der Waals surface area contributed by atoms with Crippen LogP contribution in [0.1, 0.15) is 37.6 Å². The predicted molar refractivity (Wildman–Crippen MR) is 80.1 cm³/mol. The average Bonchev–Trinajstić information content (AvgIpc) is 2.31. The van der Waals surface area contributed by atoms with Gasteiger partial charge in [0.05, 0.1) is 5.69 Å². The van der Waals surface area contributed by atoms with Crippen molar-refractivity contribution in [3.63, 3.8) is 0 Å². The molecule has 1 aromatic heterocycles. The number of nitrogens with zero attached hydrogens (tertiary/aromatic N) is 2. The molecule has 3 heteroatoms. The fraction of sp³-hybridized carbons (Fsp3) is 0.375. The maximum Gasteiger partial charge on any atom is 0.162 e. The maximum atomic E-state index is 5.93. The van der Waals surface area contributed by atoms with E-state index in [0.29, 0.717) is 11.6 Å². The molecule has 0 unspecified atom stereocenters. The molecule has 0 fully saturated rings. The maximum absolute atomic E-state index is 5.93. The van der Waals surface area contributed by atoms with Crippen LogP contribution < -0.4 is 5.73 Å². The van der Waals surface area contributed by atoms with Crippen LogP contribution in [0.4, 0.5) is 5.82 Å². The molecule has 0 amide bonds. The first-order valence-corrected chi connectivity index (χ1v) is 6.50. The monoisotopic (exact) mass is 255 g/mol. The molecule has 3 nitrogen and oxygen atoms in total. The van der Waals surface area contributed by atoms with Crippen molar-refractivity contribution in [2.45, 2.75) is 40.0 Å². The lowest BCUT2D eigenvalue weighted by atomic mass is 9.91. The Kier molecular flexibility index (Phi) is 3.31. The molecule has 0 saturated carbocycles. The van der Waals surface area contributed by atoms with E-state index in [1.54, 1.807) is 0 Å². The van der Waals surface area contributed by atoms with Crippen molar-refractivity contribution >= 4 is 5.82 Å². The summed E-state index contributed by atoms with van der Waals surface area (Å²) in [6.07, 6.45) is 0. The van der Waals surface area contributed by atoms with Gasteiger partial charge in [-0.25, -0.2) is 9.97 Å². The van der Waals surface area contributed by atoms with Gasteiger partial charge in [0.15, 0.2) is 5.82 Å². The average molecular weight is 255 g/mol. The van der Waals surface area contributed by atoms with Crippen molar-refractivity contribution in [1.82, 2.24) is 9.97 Å². The van der Waals surface area contributed by atoms with Crippen LogP contribution in [0.3, 0.4) is 0 Å². The zero-order valence-corrected chi connectivity index (χ0v) is 12.3. The lowest BCUT2D eigenvalue weighted by Gasteiger charge is -2.19. The van der Waals surface area contributed by atoms with Crippen molar-refractivity contribution in [2.24, 2.45) is 0 Å². The number of aryl methyl sites for hydroxylation is 1. The molecule has 0 spiro atoms. The second-order valence-electron chi connectivity index (χ2n) is 6.00. The third-order valence-corrected chi connectivity index (χ3v) is 3.36. The summed E-state index contributed by atoms with van der Waals surface area (Å²) in [5.74, 6) is 1.24. The first-order valence-electron chi connectivity index (χ1n) is 6.50. The molecule has 0 atom stereocenters. The van der Waals surface area contributed by atoms with E-state index in [9.17, 15) is 0 Å². The summed E-state index contributed by atoms with van der Waals surface area (Å²) in [4.78, 5) is 9.07. The predicted octanol–water partition coefficient (Wildman–Crippen LogP) is 3.64. The zero-order valence-electron chi connectivity index (χ0n) is 12.3. The SMILES string of the molecule is Cc1cccc(-c2nc(N)cc(C(C)(C)C)n2)c1C. The van der Waals surface area contributed by atoms with Crippen molar-refractivity contribution in [1.29, 1.82) is 0 Å². The summed E-state index contributed by atoms with van der Waals surface area (Å²) < 4.78 is 0. The Morgan fingerprint density at radius 3 is 2.37 bits per heavy atom. The standard InChI is InChI=1S/C16H21N3/c1-10-7-6-8-12(11(10)2)15-18-13(16(3,4)5)9-14(17)19-15/h6-9H,1-5H3,(H2,17,18,19). The number of hydrogen-bond donors (Lipinski definition) is 1. The van der Waals surface area contributed by atoms with E-state index in [1.165, 1.54) is 11.1 Å². The van der Waals surface area contributed by atoms with Gasteiger partial charge >= 0.3 is 0 Å². The Labute approximate surface area is 114 Å². The minimum Gasteiger partial charge on any atom is -0.384 e. The molecular formula is C16H21N3. The van der Waals surface area contributed by atoms with Gasteiger partial charge in [-0.15, -0.1) is 0 Å². The summed E-state index contributed by atoms with van der Waals surface area (Å²) in [7, 11) is 0. The van der Waals surface area contributed by atoms with E-state index in [1.807, 2.05) is 18.2 Å². The van der Waals surface area contributed by atoms with Gasteiger partial charge in [0.2, 0.25) is 0 Å². The van der Waals surface area contributed by atoms with E-state index in [4.69, 9.17) is 5.73 Å². The molecule has 2 N–H and O–H groups in total. The molecule has 0 saturated heterocycles. The topological polar surface area (TPSA) is 51.8 Å². The minimum atomic E-state index is -0.0382. The van der Waals surface area contributed by atoms with Gasteiger partial charge in [0, 0.05) is 17.0 Å². The molecule has 0 bridgehead atoms. The molecule has 1 aromatic carbocycles. The molecular weight excluding hydrogens is 234 g/mol. The van der Waals surface area contributed by atoms with E-state index in [0.717, 1.165) is 11.3 Å². The zero-order chi connectivity index (χ0) is 14.2. The number of benzene rings is 1. The molecule has 0 radical (unpaired) electrons. The summed E-state index contributed by atoms with van der Waals surface area (Å²) >= 11 is 0. The van der Waals surface area contributed by atoms with E-state index in [-0.39, 0.29) is 5.41 Å². The van der Waals surface area contributed by atoms with Crippen LogP contribution in [0.2, 0.25) is 0 Å². The van der Waals surface area contributed by atoms with Crippen LogP contribution in [0.15, 0.2) is 24.3 Å². The highest BCUT2D eigenvalue weighted by atomic mass is 15.0. The first-order chi connectivity index (χ1) is 8.79. The second kappa shape index (κ2) is 4.65. The number of nitrogens with two attached hydrogens (primary N) is 1. The summed E-state index contributed by atoms with van der Waals surface area (Å²) in [6, 6.07) is 8.02. The largest absolute Gasteiger partial charge is 0.384 e. The Morgan fingerprint density at radius 2 is 1.74 bits per heavy atom. The lowest BCUT2D eigenvalue weighted by molar-refractivity contribution is 0.568. The minimum absolute atomic E-state index is 0.0382. The third kappa shape index (κ3) is 2.75. The number of aromatic nitrogens is 2. The van der Waals surface area contributed by atoms with Crippen LogP contribution in [0.5, 0.6) is 0 Å². The highest BCUT2D eigenvalue weighted by molar-refractivity contribution is 5.63. The fourth-order valence-electron chi connectivity index (χ4n) is 1.96. The van der Waals surface area contributed by atoms with Crippen LogP contribution in [-0.2, 0) is 5.41 Å². The van der Waals surface area contributed by atoms with Crippen molar-refractivity contribution in [3.8, 4) is 11.4 Å². The first kappa shape index (κ1) is 13.5. The Bertz CT molecular complexity index is 610. The molecule has 2 rings (SSSR count). The molecule has 0 aliphatic rings. The number of hydrogen-bond acceptors (Lipinski definition) is 3. The van der Waals surface area contributed by atoms with Crippen LogP contribution >= 0.6 is 0 Å². The van der Waals surface area contributed by atoms with Crippen LogP contribution in [0.25, 0.3) is 11.4 Å². The Morgan fingerprint density at radius 1 is 1.05 bits per heavy atom. The summed E-state index contributed by atoms with van der Waals surface area (Å²) in [5, 5.41) is 0. The van der Waals surface area contributed by atoms with Gasteiger partial charge in [-0.3, -0.25) is 0 Å². The van der Waals surface area contributed by atoms with Crippen LogP contribution in [0, 0.1) is 13.8 Å². The van der Waals surface area contributed by atoms with Crippen LogP contribution in [-0.4, -0.2) is 9.97 Å². The van der Waals surface area contributed by atoms with Gasteiger partial charge in [-0.1, -0.05) is 39.0 Å². The van der Waals surface area contributed by atoms with Gasteiger partial charge in [-0.2, -0.15) is 0 Å². The molecule has 0 aliphatic carbocycles. The fourth-order valence-corrected chi connectivity index (χ4v) is 1.96. The van der Waals surface area contributed by atoms with Crippen molar-refractivity contribution < 1.29 is 0 Å². The normalized spacial score (nSPS) is 11.6. The molecule has 19 heavy (non-hydrogen) atoms. The number of nitrogen functional groups attached to an aromatic ring is 1. The van der Waals surface area contributed by atoms with Crippen molar-refractivity contribution in [2.75, 3.05) is 5.73 Å². The quantitative estimate of drug-likeness (QED) is 0.846. The van der Waals surface area contributed by atoms with Crippen molar-refractivity contribution in [3.05, 3.63) is 41.1 Å². The van der Waals surface area contributed by atoms with Gasteiger partial charge in [-0.05, 0) is 25.0 Å².